The van der Waals surface area contributed by atoms with Crippen LogP contribution in [0.3, 0.4) is 0 Å². The zero-order valence-electron chi connectivity index (χ0n) is 13.8. The fourth-order valence-electron chi connectivity index (χ4n) is 3.14. The summed E-state index contributed by atoms with van der Waals surface area (Å²) < 4.78 is 0. The number of fused-ring (bicyclic) bond motifs is 1. The summed E-state index contributed by atoms with van der Waals surface area (Å²) in [7, 11) is 1.62. The summed E-state index contributed by atoms with van der Waals surface area (Å²) in [5.41, 5.74) is 0.857. The number of rotatable bonds is 4. The van der Waals surface area contributed by atoms with Gasteiger partial charge in [0.05, 0.1) is 11.6 Å². The number of thiazole rings is 1. The molecule has 1 aliphatic rings. The fourth-order valence-corrected chi connectivity index (χ4v) is 3.98. The SMILES string of the molecule is CNC(=O)c1cnc(NC2CCCN(c3ncnc4[nH]ccc34)C2)s1. The maximum atomic E-state index is 11.7. The van der Waals surface area contributed by atoms with E-state index in [1.54, 1.807) is 19.6 Å². The van der Waals surface area contributed by atoms with Gasteiger partial charge in [0.15, 0.2) is 5.13 Å². The molecule has 130 valence electrons. The van der Waals surface area contributed by atoms with Crippen molar-refractivity contribution < 1.29 is 4.79 Å². The average molecular weight is 357 g/mol. The molecular formula is C16H19N7OS. The fraction of sp³-hybridized carbons (Fsp3) is 0.375. The highest BCUT2D eigenvalue weighted by atomic mass is 32.1. The number of hydrogen-bond acceptors (Lipinski definition) is 7. The molecule has 25 heavy (non-hydrogen) atoms. The van der Waals surface area contributed by atoms with Crippen LogP contribution in [-0.4, -0.2) is 52.0 Å². The first-order chi connectivity index (χ1) is 12.2. The quantitative estimate of drug-likeness (QED) is 0.659. The number of aromatic nitrogens is 4. The monoisotopic (exact) mass is 357 g/mol. The first-order valence-electron chi connectivity index (χ1n) is 8.22. The Balaban J connectivity index is 1.49. The van der Waals surface area contributed by atoms with Gasteiger partial charge in [-0.3, -0.25) is 4.79 Å². The van der Waals surface area contributed by atoms with E-state index in [4.69, 9.17) is 0 Å². The van der Waals surface area contributed by atoms with Crippen LogP contribution in [0.2, 0.25) is 0 Å². The molecule has 0 aliphatic carbocycles. The molecule has 1 atom stereocenters. The van der Waals surface area contributed by atoms with E-state index in [1.807, 2.05) is 12.3 Å². The van der Waals surface area contributed by atoms with E-state index in [2.05, 4.69) is 35.5 Å². The third kappa shape index (κ3) is 3.14. The van der Waals surface area contributed by atoms with Crippen molar-refractivity contribution in [1.29, 1.82) is 0 Å². The van der Waals surface area contributed by atoms with Gasteiger partial charge in [-0.15, -0.1) is 0 Å². The number of hydrogen-bond donors (Lipinski definition) is 3. The number of nitrogens with one attached hydrogen (secondary N) is 3. The van der Waals surface area contributed by atoms with Crippen LogP contribution < -0.4 is 15.5 Å². The predicted octanol–water partition coefficient (Wildman–Crippen LogP) is 1.85. The smallest absolute Gasteiger partial charge is 0.262 e. The molecule has 1 amide bonds. The van der Waals surface area contributed by atoms with Crippen molar-refractivity contribution in [1.82, 2.24) is 25.3 Å². The minimum atomic E-state index is -0.105. The highest BCUT2D eigenvalue weighted by molar-refractivity contribution is 7.17. The summed E-state index contributed by atoms with van der Waals surface area (Å²) in [4.78, 5) is 30.7. The molecule has 3 aromatic rings. The Morgan fingerprint density at radius 3 is 3.20 bits per heavy atom. The second-order valence-corrected chi connectivity index (χ2v) is 7.01. The van der Waals surface area contributed by atoms with Gasteiger partial charge in [0, 0.05) is 32.4 Å². The molecule has 0 saturated carbocycles. The molecular weight excluding hydrogens is 338 g/mol. The van der Waals surface area contributed by atoms with Crippen molar-refractivity contribution >= 4 is 39.2 Å². The maximum Gasteiger partial charge on any atom is 0.262 e. The third-order valence-electron chi connectivity index (χ3n) is 4.34. The number of H-pyrrole nitrogens is 1. The Kier molecular flexibility index (Phi) is 4.22. The van der Waals surface area contributed by atoms with E-state index in [9.17, 15) is 4.79 Å². The molecule has 1 unspecified atom stereocenters. The van der Waals surface area contributed by atoms with E-state index in [1.165, 1.54) is 11.3 Å². The van der Waals surface area contributed by atoms with Crippen LogP contribution in [-0.2, 0) is 0 Å². The van der Waals surface area contributed by atoms with Gasteiger partial charge in [0.2, 0.25) is 0 Å². The molecule has 0 spiro atoms. The summed E-state index contributed by atoms with van der Waals surface area (Å²) >= 11 is 1.38. The summed E-state index contributed by atoms with van der Waals surface area (Å²) in [6.07, 6.45) is 7.23. The van der Waals surface area contributed by atoms with Gasteiger partial charge in [-0.05, 0) is 18.9 Å². The zero-order chi connectivity index (χ0) is 17.2. The lowest BCUT2D eigenvalue weighted by Gasteiger charge is -2.34. The molecule has 3 aromatic heterocycles. The van der Waals surface area contributed by atoms with Crippen molar-refractivity contribution in [3.8, 4) is 0 Å². The Morgan fingerprint density at radius 2 is 2.32 bits per heavy atom. The first-order valence-corrected chi connectivity index (χ1v) is 9.03. The Morgan fingerprint density at radius 1 is 1.40 bits per heavy atom. The summed E-state index contributed by atoms with van der Waals surface area (Å²) in [5, 5.41) is 7.89. The molecule has 4 heterocycles. The average Bonchev–Trinajstić information content (AvgIpc) is 3.30. The van der Waals surface area contributed by atoms with Crippen LogP contribution in [0, 0.1) is 0 Å². The Hall–Kier alpha value is -2.68. The molecule has 1 aliphatic heterocycles. The molecule has 3 N–H and O–H groups in total. The zero-order valence-corrected chi connectivity index (χ0v) is 14.6. The number of amides is 1. The molecule has 1 saturated heterocycles. The van der Waals surface area contributed by atoms with E-state index in [-0.39, 0.29) is 11.9 Å². The second-order valence-electron chi connectivity index (χ2n) is 5.98. The van der Waals surface area contributed by atoms with E-state index in [0.29, 0.717) is 4.88 Å². The third-order valence-corrected chi connectivity index (χ3v) is 5.27. The summed E-state index contributed by atoms with van der Waals surface area (Å²) in [5.74, 6) is 0.856. The van der Waals surface area contributed by atoms with Crippen LogP contribution >= 0.6 is 11.3 Å². The predicted molar refractivity (Wildman–Crippen MR) is 98.3 cm³/mol. The van der Waals surface area contributed by atoms with Crippen LogP contribution in [0.1, 0.15) is 22.5 Å². The number of aromatic amines is 1. The number of piperidine rings is 1. The highest BCUT2D eigenvalue weighted by Gasteiger charge is 2.23. The van der Waals surface area contributed by atoms with Gasteiger partial charge in [0.1, 0.15) is 22.7 Å². The first kappa shape index (κ1) is 15.8. The minimum Gasteiger partial charge on any atom is -0.357 e. The van der Waals surface area contributed by atoms with Gasteiger partial charge in [-0.1, -0.05) is 11.3 Å². The van der Waals surface area contributed by atoms with Crippen molar-refractivity contribution in [2.75, 3.05) is 30.4 Å². The van der Waals surface area contributed by atoms with Gasteiger partial charge in [0.25, 0.3) is 5.91 Å². The van der Waals surface area contributed by atoms with Gasteiger partial charge in [-0.25, -0.2) is 15.0 Å². The van der Waals surface area contributed by atoms with Crippen molar-refractivity contribution in [3.63, 3.8) is 0 Å². The molecule has 4 rings (SSSR count). The normalized spacial score (nSPS) is 17.6. The molecule has 0 radical (unpaired) electrons. The topological polar surface area (TPSA) is 98.8 Å². The molecule has 0 bridgehead atoms. The van der Waals surface area contributed by atoms with Crippen LogP contribution in [0.5, 0.6) is 0 Å². The lowest BCUT2D eigenvalue weighted by molar-refractivity contribution is 0.0967. The second kappa shape index (κ2) is 6.67. The van der Waals surface area contributed by atoms with Crippen molar-refractivity contribution in [2.24, 2.45) is 0 Å². The molecule has 0 aromatic carbocycles. The number of carbonyl (C=O) groups is 1. The Bertz CT molecular complexity index is 889. The van der Waals surface area contributed by atoms with E-state index < -0.39 is 0 Å². The van der Waals surface area contributed by atoms with Gasteiger partial charge in [-0.2, -0.15) is 0 Å². The Labute approximate surface area is 148 Å². The van der Waals surface area contributed by atoms with Crippen molar-refractivity contribution in [3.05, 3.63) is 29.7 Å². The number of carbonyl (C=O) groups excluding carboxylic acids is 1. The van der Waals surface area contributed by atoms with Crippen LogP contribution in [0.25, 0.3) is 11.0 Å². The lowest BCUT2D eigenvalue weighted by atomic mass is 10.1. The lowest BCUT2D eigenvalue weighted by Crippen LogP contribution is -2.42. The molecule has 1 fully saturated rings. The van der Waals surface area contributed by atoms with Crippen molar-refractivity contribution in [2.45, 2.75) is 18.9 Å². The highest BCUT2D eigenvalue weighted by Crippen LogP contribution is 2.27. The summed E-state index contributed by atoms with van der Waals surface area (Å²) in [6.45, 7) is 1.81. The largest absolute Gasteiger partial charge is 0.357 e. The van der Waals surface area contributed by atoms with Crippen LogP contribution in [0.4, 0.5) is 10.9 Å². The number of nitrogens with zero attached hydrogens (tertiary/aromatic N) is 4. The minimum absolute atomic E-state index is 0.105. The van der Waals surface area contributed by atoms with Crippen LogP contribution in [0.15, 0.2) is 24.8 Å². The standard InChI is InChI=1S/C16H19N7OS/c1-17-15(24)12-7-19-16(25-12)22-10-3-2-6-23(8-10)14-11-4-5-18-13(11)20-9-21-14/h4-5,7,9-10H,2-3,6,8H2,1H3,(H,17,24)(H,19,22)(H,18,20,21). The van der Waals surface area contributed by atoms with E-state index >= 15 is 0 Å². The maximum absolute atomic E-state index is 11.7. The molecule has 8 nitrogen and oxygen atoms in total. The van der Waals surface area contributed by atoms with E-state index in [0.717, 1.165) is 47.9 Å². The number of anilines is 2. The van der Waals surface area contributed by atoms with Gasteiger partial charge >= 0.3 is 0 Å². The molecule has 9 heteroatoms. The summed E-state index contributed by atoms with van der Waals surface area (Å²) in [6, 6.07) is 2.28. The van der Waals surface area contributed by atoms with Gasteiger partial charge < -0.3 is 20.5 Å².